The van der Waals surface area contributed by atoms with E-state index in [-0.39, 0.29) is 18.3 Å². The number of hydrogen-bond acceptors (Lipinski definition) is 3. The molecular formula is C24H25FN2O3S. The summed E-state index contributed by atoms with van der Waals surface area (Å²) in [5.41, 5.74) is 3.78. The van der Waals surface area contributed by atoms with E-state index in [9.17, 15) is 17.6 Å². The minimum atomic E-state index is -3.51. The summed E-state index contributed by atoms with van der Waals surface area (Å²) in [6.45, 7) is 2.57. The second kappa shape index (κ2) is 9.75. The average molecular weight is 441 g/mol. The lowest BCUT2D eigenvalue weighted by Gasteiger charge is -2.23. The highest BCUT2D eigenvalue weighted by molar-refractivity contribution is 7.92. The van der Waals surface area contributed by atoms with Crippen LogP contribution in [0.3, 0.4) is 0 Å². The van der Waals surface area contributed by atoms with Crippen molar-refractivity contribution in [3.8, 4) is 0 Å². The lowest BCUT2D eigenvalue weighted by Crippen LogP contribution is -2.30. The molecule has 3 rings (SSSR count). The van der Waals surface area contributed by atoms with Crippen LogP contribution in [0.15, 0.2) is 72.8 Å². The van der Waals surface area contributed by atoms with Gasteiger partial charge >= 0.3 is 0 Å². The maximum Gasteiger partial charge on any atom is 0.251 e. The van der Waals surface area contributed by atoms with Crippen molar-refractivity contribution in [1.29, 1.82) is 0 Å². The van der Waals surface area contributed by atoms with E-state index in [2.05, 4.69) is 5.32 Å². The number of carbonyl (C=O) groups excluding carboxylic acids is 1. The fourth-order valence-corrected chi connectivity index (χ4v) is 4.07. The minimum absolute atomic E-state index is 0.217. The number of carbonyl (C=O) groups is 1. The molecule has 0 aliphatic rings. The van der Waals surface area contributed by atoms with Crippen molar-refractivity contribution in [3.05, 3.63) is 101 Å². The molecule has 0 saturated heterocycles. The molecule has 7 heteroatoms. The predicted molar refractivity (Wildman–Crippen MR) is 121 cm³/mol. The molecule has 3 aromatic rings. The van der Waals surface area contributed by atoms with Gasteiger partial charge in [-0.2, -0.15) is 0 Å². The SMILES string of the molecule is Cc1ccccc1CN(c1ccc(C(=O)NCCc2ccc(F)cc2)cc1)S(C)(=O)=O. The Morgan fingerprint density at radius 3 is 2.23 bits per heavy atom. The number of amides is 1. The fourth-order valence-electron chi connectivity index (χ4n) is 3.19. The largest absolute Gasteiger partial charge is 0.352 e. The van der Waals surface area contributed by atoms with Crippen LogP contribution in [0.5, 0.6) is 0 Å². The molecule has 3 aromatic carbocycles. The van der Waals surface area contributed by atoms with Crippen molar-refractivity contribution in [2.75, 3.05) is 17.1 Å². The van der Waals surface area contributed by atoms with Crippen molar-refractivity contribution in [3.63, 3.8) is 0 Å². The van der Waals surface area contributed by atoms with E-state index in [1.54, 1.807) is 36.4 Å². The third-order valence-electron chi connectivity index (χ3n) is 5.01. The fraction of sp³-hybridized carbons (Fsp3) is 0.208. The third kappa shape index (κ3) is 6.15. The molecule has 0 aliphatic carbocycles. The number of anilines is 1. The summed E-state index contributed by atoms with van der Waals surface area (Å²) >= 11 is 0. The van der Waals surface area contributed by atoms with Crippen LogP contribution in [0.2, 0.25) is 0 Å². The Kier molecular flexibility index (Phi) is 7.07. The number of halogens is 1. The Hall–Kier alpha value is -3.19. The van der Waals surface area contributed by atoms with Gasteiger partial charge in [-0.1, -0.05) is 36.4 Å². The molecule has 162 valence electrons. The van der Waals surface area contributed by atoms with Gasteiger partial charge in [0.1, 0.15) is 5.82 Å². The normalized spacial score (nSPS) is 11.2. The molecule has 0 atom stereocenters. The van der Waals surface area contributed by atoms with Crippen LogP contribution in [0.4, 0.5) is 10.1 Å². The van der Waals surface area contributed by atoms with Gasteiger partial charge < -0.3 is 5.32 Å². The topological polar surface area (TPSA) is 66.5 Å². The summed E-state index contributed by atoms with van der Waals surface area (Å²) in [5.74, 6) is -0.545. The minimum Gasteiger partial charge on any atom is -0.352 e. The number of benzene rings is 3. The van der Waals surface area contributed by atoms with Gasteiger partial charge in [0.05, 0.1) is 18.5 Å². The second-order valence-corrected chi connectivity index (χ2v) is 9.28. The number of aryl methyl sites for hydroxylation is 1. The Morgan fingerprint density at radius 2 is 1.61 bits per heavy atom. The summed E-state index contributed by atoms with van der Waals surface area (Å²) < 4.78 is 39.1. The smallest absolute Gasteiger partial charge is 0.251 e. The van der Waals surface area contributed by atoms with Gasteiger partial charge in [0, 0.05) is 12.1 Å². The van der Waals surface area contributed by atoms with E-state index >= 15 is 0 Å². The van der Waals surface area contributed by atoms with Crippen molar-refractivity contribution < 1.29 is 17.6 Å². The predicted octanol–water partition coefficient (Wildman–Crippen LogP) is 4.07. The number of hydrogen-bond donors (Lipinski definition) is 1. The van der Waals surface area contributed by atoms with E-state index in [0.29, 0.717) is 24.2 Å². The van der Waals surface area contributed by atoms with Crippen LogP contribution < -0.4 is 9.62 Å². The molecule has 0 spiro atoms. The summed E-state index contributed by atoms with van der Waals surface area (Å²) in [5, 5.41) is 2.82. The van der Waals surface area contributed by atoms with E-state index in [1.807, 2.05) is 31.2 Å². The average Bonchev–Trinajstić information content (AvgIpc) is 2.74. The molecule has 0 aromatic heterocycles. The quantitative estimate of drug-likeness (QED) is 0.574. The first-order valence-corrected chi connectivity index (χ1v) is 11.7. The number of rotatable bonds is 8. The Balaban J connectivity index is 1.67. The molecule has 0 heterocycles. The van der Waals surface area contributed by atoms with Crippen molar-refractivity contribution in [1.82, 2.24) is 5.32 Å². The molecule has 0 saturated carbocycles. The second-order valence-electron chi connectivity index (χ2n) is 7.38. The van der Waals surface area contributed by atoms with Crippen molar-refractivity contribution in [2.45, 2.75) is 19.9 Å². The molecule has 0 bridgehead atoms. The Bertz CT molecular complexity index is 1140. The summed E-state index contributed by atoms with van der Waals surface area (Å²) in [7, 11) is -3.51. The molecule has 31 heavy (non-hydrogen) atoms. The van der Waals surface area contributed by atoms with E-state index in [0.717, 1.165) is 16.7 Å². The first kappa shape index (κ1) is 22.5. The molecule has 0 fully saturated rings. The number of nitrogens with one attached hydrogen (secondary N) is 1. The maximum atomic E-state index is 13.0. The van der Waals surface area contributed by atoms with Crippen LogP contribution >= 0.6 is 0 Å². The summed E-state index contributed by atoms with van der Waals surface area (Å²) in [4.78, 5) is 12.4. The van der Waals surface area contributed by atoms with Gasteiger partial charge in [-0.3, -0.25) is 9.10 Å². The van der Waals surface area contributed by atoms with Crippen LogP contribution in [0.25, 0.3) is 0 Å². The van der Waals surface area contributed by atoms with Crippen LogP contribution in [-0.4, -0.2) is 27.1 Å². The van der Waals surface area contributed by atoms with Crippen molar-refractivity contribution in [2.24, 2.45) is 0 Å². The van der Waals surface area contributed by atoms with Gasteiger partial charge in [0.2, 0.25) is 10.0 Å². The van der Waals surface area contributed by atoms with Crippen LogP contribution in [-0.2, 0) is 23.0 Å². The monoisotopic (exact) mass is 440 g/mol. The Morgan fingerprint density at radius 1 is 0.968 bits per heavy atom. The zero-order valence-electron chi connectivity index (χ0n) is 17.5. The van der Waals surface area contributed by atoms with E-state index < -0.39 is 10.0 Å². The van der Waals surface area contributed by atoms with Crippen molar-refractivity contribution >= 4 is 21.6 Å². The third-order valence-corrected chi connectivity index (χ3v) is 6.15. The molecule has 5 nitrogen and oxygen atoms in total. The first-order chi connectivity index (χ1) is 14.7. The lowest BCUT2D eigenvalue weighted by atomic mass is 10.1. The molecule has 0 radical (unpaired) electrons. The zero-order chi connectivity index (χ0) is 22.4. The van der Waals surface area contributed by atoms with Gasteiger partial charge in [-0.25, -0.2) is 12.8 Å². The highest BCUT2D eigenvalue weighted by atomic mass is 32.2. The molecule has 1 amide bonds. The molecule has 0 aliphatic heterocycles. The number of nitrogens with zero attached hydrogens (tertiary/aromatic N) is 1. The van der Waals surface area contributed by atoms with Crippen LogP contribution in [0.1, 0.15) is 27.0 Å². The highest BCUT2D eigenvalue weighted by Gasteiger charge is 2.19. The zero-order valence-corrected chi connectivity index (χ0v) is 18.3. The highest BCUT2D eigenvalue weighted by Crippen LogP contribution is 2.22. The molecule has 1 N–H and O–H groups in total. The first-order valence-electron chi connectivity index (χ1n) is 9.89. The lowest BCUT2D eigenvalue weighted by molar-refractivity contribution is 0.0954. The summed E-state index contributed by atoms with van der Waals surface area (Å²) in [6, 6.07) is 20.3. The number of sulfonamides is 1. The van der Waals surface area contributed by atoms with Gasteiger partial charge in [0.25, 0.3) is 5.91 Å². The van der Waals surface area contributed by atoms with E-state index in [4.69, 9.17) is 0 Å². The van der Waals surface area contributed by atoms with Gasteiger partial charge in [-0.15, -0.1) is 0 Å². The molecule has 0 unspecified atom stereocenters. The van der Waals surface area contributed by atoms with E-state index in [1.165, 1.54) is 22.7 Å². The van der Waals surface area contributed by atoms with Crippen LogP contribution in [0, 0.1) is 12.7 Å². The maximum absolute atomic E-state index is 13.0. The van der Waals surface area contributed by atoms with Gasteiger partial charge in [-0.05, 0) is 66.4 Å². The summed E-state index contributed by atoms with van der Waals surface area (Å²) in [6.07, 6.45) is 1.75. The molecular weight excluding hydrogens is 415 g/mol. The standard InChI is InChI=1S/C24H25FN2O3S/c1-18-5-3-4-6-21(18)17-27(31(2,29)30)23-13-9-20(10-14-23)24(28)26-16-15-19-7-11-22(25)12-8-19/h3-14H,15-17H2,1-2H3,(H,26,28). The van der Waals surface area contributed by atoms with Gasteiger partial charge in [0.15, 0.2) is 0 Å². The Labute approximate surface area is 182 Å².